The fraction of sp³-hybridized carbons (Fsp3) is 0.471. The summed E-state index contributed by atoms with van der Waals surface area (Å²) in [6.07, 6.45) is 8.79. The third-order valence-electron chi connectivity index (χ3n) is 3.22. The number of esters is 1. The van der Waals surface area contributed by atoms with Gasteiger partial charge in [-0.05, 0) is 43.4 Å². The maximum absolute atomic E-state index is 12.2. The summed E-state index contributed by atoms with van der Waals surface area (Å²) in [5.41, 5.74) is -4.62. The lowest BCUT2D eigenvalue weighted by molar-refractivity contribution is -0.140. The Bertz CT molecular complexity index is 690. The molecule has 0 spiro atoms. The van der Waals surface area contributed by atoms with Gasteiger partial charge in [0, 0.05) is 6.42 Å². The van der Waals surface area contributed by atoms with Crippen molar-refractivity contribution >= 4 is 16.1 Å². The zero-order valence-electron chi connectivity index (χ0n) is 14.3. The maximum atomic E-state index is 12.2. The number of methoxy groups -OCH3 is 1. The van der Waals surface area contributed by atoms with Crippen LogP contribution < -0.4 is 4.18 Å². The molecule has 0 radical (unpaired) electrons. The summed E-state index contributed by atoms with van der Waals surface area (Å²) in [7, 11) is -4.32. The first-order valence-corrected chi connectivity index (χ1v) is 9.38. The SMILES string of the molecule is C1=CC1.COC(=O)CCCCCc1ccc(OS(=O)(=O)C(F)(F)F)cc1. The fourth-order valence-corrected chi connectivity index (χ4v) is 2.22. The summed E-state index contributed by atoms with van der Waals surface area (Å²) in [6.45, 7) is 0. The normalized spacial score (nSPS) is 12.8. The van der Waals surface area contributed by atoms with Crippen LogP contribution in [0.4, 0.5) is 13.2 Å². The molecule has 0 aromatic heterocycles. The summed E-state index contributed by atoms with van der Waals surface area (Å²) in [5.74, 6) is -0.658. The molecule has 0 N–H and O–H groups in total. The van der Waals surface area contributed by atoms with Crippen LogP contribution in [0.3, 0.4) is 0 Å². The Balaban J connectivity index is 0.00000101. The Morgan fingerprint density at radius 2 is 1.65 bits per heavy atom. The van der Waals surface area contributed by atoms with Crippen LogP contribution >= 0.6 is 0 Å². The highest BCUT2D eigenvalue weighted by Gasteiger charge is 2.48. The zero-order valence-corrected chi connectivity index (χ0v) is 15.1. The van der Waals surface area contributed by atoms with E-state index in [9.17, 15) is 26.4 Å². The van der Waals surface area contributed by atoms with Crippen molar-refractivity contribution in [3.8, 4) is 5.75 Å². The van der Waals surface area contributed by atoms with E-state index in [4.69, 9.17) is 0 Å². The quantitative estimate of drug-likeness (QED) is 0.218. The van der Waals surface area contributed by atoms with Gasteiger partial charge in [0.15, 0.2) is 0 Å². The van der Waals surface area contributed by atoms with Crippen molar-refractivity contribution in [1.82, 2.24) is 0 Å². The highest BCUT2D eigenvalue weighted by Crippen LogP contribution is 2.27. The summed E-state index contributed by atoms with van der Waals surface area (Å²) < 4.78 is 66.7. The highest BCUT2D eigenvalue weighted by molar-refractivity contribution is 7.88. The van der Waals surface area contributed by atoms with Gasteiger partial charge in [-0.1, -0.05) is 30.7 Å². The van der Waals surface area contributed by atoms with Crippen LogP contribution in [0.5, 0.6) is 5.75 Å². The van der Waals surface area contributed by atoms with Gasteiger partial charge in [-0.2, -0.15) is 21.6 Å². The minimum atomic E-state index is -5.64. The van der Waals surface area contributed by atoms with Gasteiger partial charge in [-0.15, -0.1) is 0 Å². The Labute approximate surface area is 150 Å². The number of allylic oxidation sites excluding steroid dienone is 2. The first-order valence-electron chi connectivity index (χ1n) is 7.97. The number of hydrogen-bond acceptors (Lipinski definition) is 5. The summed E-state index contributed by atoms with van der Waals surface area (Å²) in [5, 5.41) is 0. The lowest BCUT2D eigenvalue weighted by atomic mass is 10.1. The fourth-order valence-electron chi connectivity index (χ4n) is 1.76. The topological polar surface area (TPSA) is 69.7 Å². The molecule has 0 heterocycles. The van der Waals surface area contributed by atoms with E-state index < -0.39 is 21.4 Å². The summed E-state index contributed by atoms with van der Waals surface area (Å²) in [4.78, 5) is 10.9. The molecule has 1 aromatic rings. The molecule has 2 rings (SSSR count). The van der Waals surface area contributed by atoms with Crippen LogP contribution in [0, 0.1) is 0 Å². The van der Waals surface area contributed by atoms with Gasteiger partial charge in [0.05, 0.1) is 7.11 Å². The van der Waals surface area contributed by atoms with Crippen molar-refractivity contribution in [1.29, 1.82) is 0 Å². The molecule has 0 saturated carbocycles. The number of unbranched alkanes of at least 4 members (excludes halogenated alkanes) is 2. The number of rotatable bonds is 8. The van der Waals surface area contributed by atoms with Gasteiger partial charge in [0.1, 0.15) is 5.75 Å². The maximum Gasteiger partial charge on any atom is 0.534 e. The lowest BCUT2D eigenvalue weighted by Gasteiger charge is -2.09. The standard InChI is InChI=1S/C14H17F3O5S.C3H4/c1-21-13(18)6-4-2-3-5-11-7-9-12(10-8-11)22-23(19,20)14(15,16)17;1-2-3-1/h7-10H,2-6H2,1H3;1-2H,3H2. The molecule has 0 unspecified atom stereocenters. The van der Waals surface area contributed by atoms with Crippen LogP contribution in [0.1, 0.15) is 37.7 Å². The molecule has 0 saturated heterocycles. The third kappa shape index (κ3) is 8.89. The van der Waals surface area contributed by atoms with E-state index in [1.165, 1.54) is 37.8 Å². The van der Waals surface area contributed by atoms with Gasteiger partial charge in [-0.25, -0.2) is 0 Å². The molecule has 5 nitrogen and oxygen atoms in total. The molecule has 0 aliphatic heterocycles. The predicted octanol–water partition coefficient (Wildman–Crippen LogP) is 4.14. The molecule has 0 atom stereocenters. The van der Waals surface area contributed by atoms with Crippen molar-refractivity contribution in [2.24, 2.45) is 0 Å². The van der Waals surface area contributed by atoms with Gasteiger partial charge < -0.3 is 8.92 Å². The van der Waals surface area contributed by atoms with Gasteiger partial charge in [0.25, 0.3) is 0 Å². The molecule has 146 valence electrons. The first-order chi connectivity index (χ1) is 12.2. The van der Waals surface area contributed by atoms with E-state index in [1.54, 1.807) is 0 Å². The Kier molecular flexibility index (Phi) is 8.64. The molecule has 0 amide bonds. The number of alkyl halides is 3. The molecule has 0 fully saturated rings. The van der Waals surface area contributed by atoms with Gasteiger partial charge in [0.2, 0.25) is 0 Å². The van der Waals surface area contributed by atoms with E-state index in [0.717, 1.165) is 18.4 Å². The van der Waals surface area contributed by atoms with E-state index in [2.05, 4.69) is 21.1 Å². The van der Waals surface area contributed by atoms with Crippen molar-refractivity contribution < 1.29 is 35.3 Å². The molecule has 26 heavy (non-hydrogen) atoms. The Hall–Kier alpha value is -2.03. The number of ether oxygens (including phenoxy) is 1. The second-order valence-electron chi connectivity index (χ2n) is 5.47. The molecular weight excluding hydrogens is 373 g/mol. The van der Waals surface area contributed by atoms with E-state index in [1.807, 2.05) is 0 Å². The van der Waals surface area contributed by atoms with Gasteiger partial charge >= 0.3 is 21.6 Å². The predicted molar refractivity (Wildman–Crippen MR) is 90.0 cm³/mol. The number of benzene rings is 1. The number of carbonyl (C=O) groups is 1. The molecule has 1 aromatic carbocycles. The van der Waals surface area contributed by atoms with Crippen LogP contribution in [-0.4, -0.2) is 27.0 Å². The number of aryl methyl sites for hydroxylation is 1. The highest BCUT2D eigenvalue weighted by atomic mass is 32.2. The molecular formula is C17H21F3O5S. The van der Waals surface area contributed by atoms with Crippen LogP contribution in [0.2, 0.25) is 0 Å². The second kappa shape index (κ2) is 10.2. The van der Waals surface area contributed by atoms with Crippen molar-refractivity contribution in [3.63, 3.8) is 0 Å². The molecule has 9 heteroatoms. The van der Waals surface area contributed by atoms with Crippen LogP contribution in [-0.2, 0) is 26.1 Å². The Morgan fingerprint density at radius 3 is 2.12 bits per heavy atom. The minimum Gasteiger partial charge on any atom is -0.469 e. The number of halogens is 3. The molecule has 0 bridgehead atoms. The van der Waals surface area contributed by atoms with Gasteiger partial charge in [-0.3, -0.25) is 4.79 Å². The molecule has 1 aliphatic rings. The van der Waals surface area contributed by atoms with Crippen molar-refractivity contribution in [2.75, 3.05) is 7.11 Å². The number of carbonyl (C=O) groups excluding carboxylic acids is 1. The monoisotopic (exact) mass is 394 g/mol. The average Bonchev–Trinajstić information content (AvgIpc) is 3.43. The average molecular weight is 394 g/mol. The minimum absolute atomic E-state index is 0.266. The summed E-state index contributed by atoms with van der Waals surface area (Å²) in [6, 6.07) is 5.35. The number of hydrogen-bond donors (Lipinski definition) is 0. The van der Waals surface area contributed by atoms with E-state index >= 15 is 0 Å². The van der Waals surface area contributed by atoms with E-state index in [0.29, 0.717) is 19.3 Å². The first kappa shape index (κ1) is 22.0. The van der Waals surface area contributed by atoms with Crippen LogP contribution in [0.25, 0.3) is 0 Å². The lowest BCUT2D eigenvalue weighted by Crippen LogP contribution is -2.28. The summed E-state index contributed by atoms with van der Waals surface area (Å²) >= 11 is 0. The second-order valence-corrected chi connectivity index (χ2v) is 7.01. The van der Waals surface area contributed by atoms with Crippen molar-refractivity contribution in [2.45, 2.75) is 44.0 Å². The van der Waals surface area contributed by atoms with Crippen LogP contribution in [0.15, 0.2) is 36.4 Å². The molecule has 1 aliphatic carbocycles. The zero-order chi connectivity index (χ0) is 19.6. The van der Waals surface area contributed by atoms with Crippen molar-refractivity contribution in [3.05, 3.63) is 42.0 Å². The smallest absolute Gasteiger partial charge is 0.469 e. The third-order valence-corrected chi connectivity index (χ3v) is 4.20. The van der Waals surface area contributed by atoms with E-state index in [-0.39, 0.29) is 5.97 Å². The largest absolute Gasteiger partial charge is 0.534 e. The Morgan fingerprint density at radius 1 is 1.08 bits per heavy atom.